The second-order valence-electron chi connectivity index (χ2n) is 6.17. The molecule has 0 amide bonds. The van der Waals surface area contributed by atoms with Crippen LogP contribution in [-0.4, -0.2) is 40.8 Å². The Morgan fingerprint density at radius 3 is 2.50 bits per heavy atom. The van der Waals surface area contributed by atoms with Crippen LogP contribution >= 0.6 is 0 Å². The molecule has 1 aromatic heterocycles. The monoisotopic (exact) mass is 402 g/mol. The van der Waals surface area contributed by atoms with Crippen LogP contribution in [0.5, 0.6) is 11.5 Å². The summed E-state index contributed by atoms with van der Waals surface area (Å²) in [4.78, 5) is 17.9. The summed E-state index contributed by atoms with van der Waals surface area (Å²) in [7, 11) is -3.70. The van der Waals surface area contributed by atoms with Crippen LogP contribution in [0.15, 0.2) is 59.8 Å². The van der Waals surface area contributed by atoms with Gasteiger partial charge in [-0.25, -0.2) is 18.2 Å². The van der Waals surface area contributed by atoms with Crippen molar-refractivity contribution in [2.75, 3.05) is 6.26 Å². The lowest BCUT2D eigenvalue weighted by molar-refractivity contribution is 0.0696. The van der Waals surface area contributed by atoms with Crippen molar-refractivity contribution in [2.24, 2.45) is 0 Å². The average molecular weight is 402 g/mol. The number of nitrogens with one attached hydrogen (secondary N) is 1. The highest BCUT2D eigenvalue weighted by Crippen LogP contribution is 2.31. The number of sulfone groups is 1. The molecule has 28 heavy (non-hydrogen) atoms. The van der Waals surface area contributed by atoms with E-state index in [4.69, 9.17) is 9.84 Å². The largest absolute Gasteiger partial charge is 0.478 e. The second kappa shape index (κ2) is 7.83. The number of aromatic nitrogens is 2. The molecule has 0 aliphatic carbocycles. The fourth-order valence-corrected chi connectivity index (χ4v) is 3.43. The van der Waals surface area contributed by atoms with E-state index < -0.39 is 21.9 Å². The quantitative estimate of drug-likeness (QED) is 0.554. The van der Waals surface area contributed by atoms with Crippen molar-refractivity contribution in [3.63, 3.8) is 0 Å². The predicted molar refractivity (Wildman–Crippen MR) is 100 cm³/mol. The lowest BCUT2D eigenvalue weighted by atomic mass is 10.1. The minimum atomic E-state index is -3.70. The van der Waals surface area contributed by atoms with Gasteiger partial charge >= 0.3 is 5.97 Å². The molecule has 0 aliphatic rings. The molecule has 0 aliphatic heterocycles. The Balaban J connectivity index is 1.81. The molecule has 146 valence electrons. The number of carbonyl (C=O) groups is 1. The summed E-state index contributed by atoms with van der Waals surface area (Å²) in [6, 6.07) is 10.2. The van der Waals surface area contributed by atoms with E-state index >= 15 is 0 Å². The molecule has 1 atom stereocenters. The topological polar surface area (TPSA) is 130 Å². The van der Waals surface area contributed by atoms with Crippen molar-refractivity contribution >= 4 is 15.8 Å². The van der Waals surface area contributed by atoms with Gasteiger partial charge in [-0.1, -0.05) is 12.1 Å². The molecule has 1 heterocycles. The molecule has 0 radical (unpaired) electrons. The van der Waals surface area contributed by atoms with Gasteiger partial charge in [0.05, 0.1) is 11.7 Å². The van der Waals surface area contributed by atoms with Crippen LogP contribution in [0.4, 0.5) is 0 Å². The number of benzene rings is 2. The molecule has 0 bridgehead atoms. The molecule has 3 N–H and O–H groups in total. The second-order valence-corrected chi connectivity index (χ2v) is 8.15. The smallest absolute Gasteiger partial charge is 0.335 e. The first-order valence-electron chi connectivity index (χ1n) is 8.25. The van der Waals surface area contributed by atoms with Crippen LogP contribution in [0.25, 0.3) is 0 Å². The first kappa shape index (κ1) is 19.6. The SMILES string of the molecule is CS(=O)(=O)c1cc(C(=O)O)ccc1Oc1ccc(C(O)Cc2ncc[nH]2)cc1. The molecule has 0 fully saturated rings. The van der Waals surface area contributed by atoms with Crippen LogP contribution in [0, 0.1) is 0 Å². The third-order valence-corrected chi connectivity index (χ3v) is 5.14. The Morgan fingerprint density at radius 1 is 1.21 bits per heavy atom. The van der Waals surface area contributed by atoms with Crippen molar-refractivity contribution in [2.45, 2.75) is 17.4 Å². The molecule has 0 saturated carbocycles. The number of nitrogens with zero attached hydrogens (tertiary/aromatic N) is 1. The van der Waals surface area contributed by atoms with Gasteiger partial charge in [0.1, 0.15) is 22.2 Å². The Labute approximate surface area is 161 Å². The number of hydrogen-bond acceptors (Lipinski definition) is 6. The number of aliphatic hydroxyl groups is 1. The number of carboxylic acids is 1. The molecule has 0 spiro atoms. The highest BCUT2D eigenvalue weighted by molar-refractivity contribution is 7.90. The van der Waals surface area contributed by atoms with Crippen molar-refractivity contribution in [3.05, 3.63) is 71.8 Å². The van der Waals surface area contributed by atoms with E-state index in [9.17, 15) is 18.3 Å². The summed E-state index contributed by atoms with van der Waals surface area (Å²) in [6.45, 7) is 0. The van der Waals surface area contributed by atoms with Crippen molar-refractivity contribution < 1.29 is 28.2 Å². The summed E-state index contributed by atoms with van der Waals surface area (Å²) in [5, 5.41) is 19.3. The Morgan fingerprint density at radius 2 is 1.93 bits per heavy atom. The Bertz CT molecular complexity index is 1080. The molecule has 0 saturated heterocycles. The Hall–Kier alpha value is -3.17. The van der Waals surface area contributed by atoms with Gasteiger partial charge in [-0.15, -0.1) is 0 Å². The zero-order chi connectivity index (χ0) is 20.3. The molecule has 3 aromatic rings. The van der Waals surface area contributed by atoms with E-state index in [1.54, 1.807) is 36.7 Å². The maximum absolute atomic E-state index is 12.0. The molecular weight excluding hydrogens is 384 g/mol. The molecule has 8 nitrogen and oxygen atoms in total. The molecule has 2 aromatic carbocycles. The molecular formula is C19H18N2O6S. The van der Waals surface area contributed by atoms with Crippen molar-refractivity contribution in [1.29, 1.82) is 0 Å². The molecule has 9 heteroatoms. The number of imidazole rings is 1. The summed E-state index contributed by atoms with van der Waals surface area (Å²) in [5.74, 6) is -0.200. The van der Waals surface area contributed by atoms with Gasteiger partial charge < -0.3 is 19.9 Å². The summed E-state index contributed by atoms with van der Waals surface area (Å²) in [6.07, 6.45) is 3.82. The number of ether oxygens (including phenoxy) is 1. The number of aromatic carboxylic acids is 1. The maximum Gasteiger partial charge on any atom is 0.335 e. The van der Waals surface area contributed by atoms with Gasteiger partial charge in [0.2, 0.25) is 0 Å². The zero-order valence-electron chi connectivity index (χ0n) is 14.9. The van der Waals surface area contributed by atoms with Crippen molar-refractivity contribution in [3.8, 4) is 11.5 Å². The first-order chi connectivity index (χ1) is 13.2. The fraction of sp³-hybridized carbons (Fsp3) is 0.158. The van der Waals surface area contributed by atoms with Crippen LogP contribution in [0.2, 0.25) is 0 Å². The van der Waals surface area contributed by atoms with Gasteiger partial charge in [0.25, 0.3) is 0 Å². The van der Waals surface area contributed by atoms with E-state index in [0.717, 1.165) is 12.3 Å². The van der Waals surface area contributed by atoms with Crippen LogP contribution < -0.4 is 4.74 Å². The number of aliphatic hydroxyl groups excluding tert-OH is 1. The highest BCUT2D eigenvalue weighted by Gasteiger charge is 2.18. The predicted octanol–water partition coefficient (Wildman–Crippen LogP) is 2.58. The summed E-state index contributed by atoms with van der Waals surface area (Å²) in [5.41, 5.74) is 0.498. The number of H-pyrrole nitrogens is 1. The van der Waals surface area contributed by atoms with E-state index in [-0.39, 0.29) is 16.2 Å². The minimum Gasteiger partial charge on any atom is -0.478 e. The fourth-order valence-electron chi connectivity index (χ4n) is 2.61. The number of hydrogen-bond donors (Lipinski definition) is 3. The highest BCUT2D eigenvalue weighted by atomic mass is 32.2. The Kier molecular flexibility index (Phi) is 5.48. The van der Waals surface area contributed by atoms with Gasteiger partial charge in [-0.3, -0.25) is 0 Å². The van der Waals surface area contributed by atoms with Crippen LogP contribution in [-0.2, 0) is 16.3 Å². The third-order valence-electron chi connectivity index (χ3n) is 4.02. The van der Waals surface area contributed by atoms with Crippen molar-refractivity contribution in [1.82, 2.24) is 9.97 Å². The minimum absolute atomic E-state index is 0.0244. The van der Waals surface area contributed by atoms with Crippen LogP contribution in [0.3, 0.4) is 0 Å². The average Bonchev–Trinajstić information content (AvgIpc) is 3.14. The van der Waals surface area contributed by atoms with Gasteiger partial charge in [-0.2, -0.15) is 0 Å². The number of carboxylic acid groups (broad SMARTS) is 1. The van der Waals surface area contributed by atoms with Gasteiger partial charge in [0, 0.05) is 25.1 Å². The van der Waals surface area contributed by atoms with E-state index in [0.29, 0.717) is 23.6 Å². The number of rotatable bonds is 7. The van der Waals surface area contributed by atoms with E-state index in [1.165, 1.54) is 12.1 Å². The lowest BCUT2D eigenvalue weighted by Gasteiger charge is -2.13. The standard InChI is InChI=1S/C19H18N2O6S/c1-28(25,26)17-10-13(19(23)24)4-7-16(17)27-14-5-2-12(3-6-14)15(22)11-18-20-8-9-21-18/h2-10,15,22H,11H2,1H3,(H,20,21)(H,23,24). The lowest BCUT2D eigenvalue weighted by Crippen LogP contribution is -2.05. The first-order valence-corrected chi connectivity index (χ1v) is 10.1. The molecule has 1 unspecified atom stereocenters. The summed E-state index contributed by atoms with van der Waals surface area (Å²) >= 11 is 0. The third kappa shape index (κ3) is 4.56. The summed E-state index contributed by atoms with van der Waals surface area (Å²) < 4.78 is 29.6. The number of aromatic amines is 1. The van der Waals surface area contributed by atoms with Crippen LogP contribution in [0.1, 0.15) is 27.8 Å². The normalized spacial score (nSPS) is 12.5. The van der Waals surface area contributed by atoms with E-state index in [2.05, 4.69) is 9.97 Å². The molecule has 3 rings (SSSR count). The maximum atomic E-state index is 12.0. The van der Waals surface area contributed by atoms with E-state index in [1.807, 2.05) is 0 Å². The van der Waals surface area contributed by atoms with Gasteiger partial charge in [-0.05, 0) is 35.9 Å². The zero-order valence-corrected chi connectivity index (χ0v) is 15.7. The van der Waals surface area contributed by atoms with Gasteiger partial charge in [0.15, 0.2) is 9.84 Å².